The van der Waals surface area contributed by atoms with Gasteiger partial charge in [-0.3, -0.25) is 0 Å². The summed E-state index contributed by atoms with van der Waals surface area (Å²) in [5.74, 6) is 0.442. The smallest absolute Gasteiger partial charge is 0.231 e. The summed E-state index contributed by atoms with van der Waals surface area (Å²) >= 11 is 0. The second kappa shape index (κ2) is 4.34. The summed E-state index contributed by atoms with van der Waals surface area (Å²) in [7, 11) is -1.65. The lowest BCUT2D eigenvalue weighted by molar-refractivity contribution is 0.396. The number of methoxy groups -OCH3 is 1. The van der Waals surface area contributed by atoms with Crippen LogP contribution in [0.25, 0.3) is 0 Å². The standard InChI is InChI=1S/C11H12N2O3S/c1-16-11-8(6-12)5-9(7-13-11)10-3-2-4-17(10,14)15/h5,7,10H,2-4H2,1H3. The Morgan fingerprint density at radius 2 is 2.35 bits per heavy atom. The van der Waals surface area contributed by atoms with Crippen LogP contribution in [0.5, 0.6) is 5.88 Å². The van der Waals surface area contributed by atoms with Gasteiger partial charge >= 0.3 is 0 Å². The van der Waals surface area contributed by atoms with E-state index in [0.29, 0.717) is 18.4 Å². The molecular formula is C11H12N2O3S. The Hall–Kier alpha value is -1.61. The van der Waals surface area contributed by atoms with E-state index in [9.17, 15) is 8.42 Å². The first-order valence-corrected chi connectivity index (χ1v) is 6.95. The van der Waals surface area contributed by atoms with Crippen LogP contribution in [0.3, 0.4) is 0 Å². The van der Waals surface area contributed by atoms with E-state index in [1.54, 1.807) is 6.07 Å². The van der Waals surface area contributed by atoms with Crippen LogP contribution in [0.2, 0.25) is 0 Å². The molecule has 1 saturated heterocycles. The van der Waals surface area contributed by atoms with E-state index in [0.717, 1.165) is 0 Å². The summed E-state index contributed by atoms with van der Waals surface area (Å²) < 4.78 is 28.5. The fraction of sp³-hybridized carbons (Fsp3) is 0.455. The molecule has 1 unspecified atom stereocenters. The van der Waals surface area contributed by atoms with Crippen LogP contribution in [0.4, 0.5) is 0 Å². The normalized spacial score (nSPS) is 22.0. The van der Waals surface area contributed by atoms with Crippen molar-refractivity contribution in [3.05, 3.63) is 23.4 Å². The van der Waals surface area contributed by atoms with Crippen LogP contribution >= 0.6 is 0 Å². The Kier molecular flexibility index (Phi) is 3.03. The molecule has 0 bridgehead atoms. The molecule has 6 heteroatoms. The molecule has 0 aromatic carbocycles. The Morgan fingerprint density at radius 1 is 1.59 bits per heavy atom. The average Bonchev–Trinajstić information content (AvgIpc) is 2.68. The van der Waals surface area contributed by atoms with E-state index in [1.807, 2.05) is 6.07 Å². The van der Waals surface area contributed by atoms with Gasteiger partial charge in [0.05, 0.1) is 18.1 Å². The van der Waals surface area contributed by atoms with Gasteiger partial charge in [-0.05, 0) is 24.5 Å². The van der Waals surface area contributed by atoms with Crippen molar-refractivity contribution in [3.8, 4) is 11.9 Å². The van der Waals surface area contributed by atoms with Crippen LogP contribution in [0, 0.1) is 11.3 Å². The Morgan fingerprint density at radius 3 is 2.88 bits per heavy atom. The summed E-state index contributed by atoms with van der Waals surface area (Å²) in [5.41, 5.74) is 0.854. The first kappa shape index (κ1) is 11.9. The number of hydrogen-bond donors (Lipinski definition) is 0. The lowest BCUT2D eigenvalue weighted by Crippen LogP contribution is -2.09. The quantitative estimate of drug-likeness (QED) is 0.790. The molecule has 0 radical (unpaired) electrons. The molecule has 1 aromatic heterocycles. The number of pyridine rings is 1. The lowest BCUT2D eigenvalue weighted by atomic mass is 10.1. The molecule has 1 aromatic rings. The van der Waals surface area contributed by atoms with Gasteiger partial charge in [0, 0.05) is 6.20 Å². The van der Waals surface area contributed by atoms with Crippen LogP contribution in [0.1, 0.15) is 29.2 Å². The highest BCUT2D eigenvalue weighted by Crippen LogP contribution is 2.35. The Balaban J connectivity index is 2.45. The van der Waals surface area contributed by atoms with Crippen molar-refractivity contribution in [1.29, 1.82) is 5.26 Å². The van der Waals surface area contributed by atoms with Crippen LogP contribution in [0.15, 0.2) is 12.3 Å². The fourth-order valence-corrected chi connectivity index (χ4v) is 3.98. The van der Waals surface area contributed by atoms with E-state index in [2.05, 4.69) is 4.98 Å². The minimum absolute atomic E-state index is 0.214. The molecule has 0 saturated carbocycles. The van der Waals surface area contributed by atoms with E-state index in [-0.39, 0.29) is 17.2 Å². The van der Waals surface area contributed by atoms with Gasteiger partial charge in [0.15, 0.2) is 9.84 Å². The van der Waals surface area contributed by atoms with Crippen molar-refractivity contribution >= 4 is 9.84 Å². The third-order valence-corrected chi connectivity index (χ3v) is 5.12. The SMILES string of the molecule is COc1ncc(C2CCCS2(=O)=O)cc1C#N. The van der Waals surface area contributed by atoms with E-state index >= 15 is 0 Å². The summed E-state index contributed by atoms with van der Waals surface area (Å²) in [4.78, 5) is 3.97. The molecule has 1 aliphatic heterocycles. The number of ether oxygens (including phenoxy) is 1. The minimum atomic E-state index is -3.07. The minimum Gasteiger partial charge on any atom is -0.480 e. The summed E-state index contributed by atoms with van der Waals surface area (Å²) in [6.07, 6.45) is 2.75. The molecule has 0 spiro atoms. The molecule has 90 valence electrons. The van der Waals surface area contributed by atoms with Crippen molar-refractivity contribution in [2.75, 3.05) is 12.9 Å². The molecule has 5 nitrogen and oxygen atoms in total. The molecule has 17 heavy (non-hydrogen) atoms. The summed E-state index contributed by atoms with van der Waals surface area (Å²) in [5, 5.41) is 8.41. The van der Waals surface area contributed by atoms with Crippen molar-refractivity contribution in [2.45, 2.75) is 18.1 Å². The number of rotatable bonds is 2. The van der Waals surface area contributed by atoms with Gasteiger partial charge in [-0.15, -0.1) is 0 Å². The molecule has 2 heterocycles. The summed E-state index contributed by atoms with van der Waals surface area (Å²) in [6, 6.07) is 3.51. The van der Waals surface area contributed by atoms with Crippen molar-refractivity contribution in [3.63, 3.8) is 0 Å². The average molecular weight is 252 g/mol. The molecule has 1 fully saturated rings. The fourth-order valence-electron chi connectivity index (χ4n) is 2.05. The van der Waals surface area contributed by atoms with Crippen LogP contribution in [-0.2, 0) is 9.84 Å². The number of hydrogen-bond acceptors (Lipinski definition) is 5. The maximum absolute atomic E-state index is 11.8. The van der Waals surface area contributed by atoms with Gasteiger partial charge < -0.3 is 4.74 Å². The van der Waals surface area contributed by atoms with Crippen molar-refractivity contribution in [2.24, 2.45) is 0 Å². The largest absolute Gasteiger partial charge is 0.480 e. The monoisotopic (exact) mass is 252 g/mol. The number of nitriles is 1. The first-order chi connectivity index (χ1) is 8.08. The second-order valence-electron chi connectivity index (χ2n) is 3.94. The summed E-state index contributed by atoms with van der Waals surface area (Å²) in [6.45, 7) is 0. The zero-order chi connectivity index (χ0) is 12.5. The highest BCUT2D eigenvalue weighted by atomic mass is 32.2. The maximum atomic E-state index is 11.8. The molecule has 0 N–H and O–H groups in total. The Labute approximate surface area is 100.0 Å². The third-order valence-electron chi connectivity index (χ3n) is 2.89. The van der Waals surface area contributed by atoms with E-state index in [1.165, 1.54) is 13.3 Å². The molecule has 0 amide bonds. The zero-order valence-corrected chi connectivity index (χ0v) is 10.2. The molecule has 1 atom stereocenters. The molecular weight excluding hydrogens is 240 g/mol. The predicted molar refractivity (Wildman–Crippen MR) is 61.3 cm³/mol. The van der Waals surface area contributed by atoms with E-state index < -0.39 is 15.1 Å². The number of nitrogens with zero attached hydrogens (tertiary/aromatic N) is 2. The van der Waals surface area contributed by atoms with Gasteiger partial charge in [-0.1, -0.05) is 0 Å². The maximum Gasteiger partial charge on any atom is 0.231 e. The lowest BCUT2D eigenvalue weighted by Gasteiger charge is -2.10. The highest BCUT2D eigenvalue weighted by molar-refractivity contribution is 7.91. The van der Waals surface area contributed by atoms with Crippen molar-refractivity contribution < 1.29 is 13.2 Å². The van der Waals surface area contributed by atoms with Gasteiger partial charge in [0.25, 0.3) is 0 Å². The Bertz CT molecular complexity index is 575. The van der Waals surface area contributed by atoms with E-state index in [4.69, 9.17) is 10.00 Å². The number of sulfone groups is 1. The molecule has 1 aliphatic rings. The van der Waals surface area contributed by atoms with Gasteiger partial charge in [-0.25, -0.2) is 13.4 Å². The topological polar surface area (TPSA) is 80.0 Å². The molecule has 2 rings (SSSR count). The van der Waals surface area contributed by atoms with Crippen LogP contribution < -0.4 is 4.74 Å². The van der Waals surface area contributed by atoms with Crippen molar-refractivity contribution in [1.82, 2.24) is 4.98 Å². The van der Waals surface area contributed by atoms with Gasteiger partial charge in [0.2, 0.25) is 5.88 Å². The zero-order valence-electron chi connectivity index (χ0n) is 9.38. The highest BCUT2D eigenvalue weighted by Gasteiger charge is 2.33. The second-order valence-corrected chi connectivity index (χ2v) is 6.24. The third kappa shape index (κ3) is 2.11. The van der Waals surface area contributed by atoms with Gasteiger partial charge in [0.1, 0.15) is 11.6 Å². The number of aromatic nitrogens is 1. The first-order valence-electron chi connectivity index (χ1n) is 5.24. The van der Waals surface area contributed by atoms with Gasteiger partial charge in [-0.2, -0.15) is 5.26 Å². The van der Waals surface area contributed by atoms with Crippen LogP contribution in [-0.4, -0.2) is 26.3 Å². The predicted octanol–water partition coefficient (Wildman–Crippen LogP) is 1.21. The molecule has 0 aliphatic carbocycles.